The van der Waals surface area contributed by atoms with Gasteiger partial charge in [0, 0.05) is 28.4 Å². The number of phenols is 1. The number of aliphatic hydroxyl groups excluding tert-OH is 3. The van der Waals surface area contributed by atoms with Gasteiger partial charge in [-0.25, -0.2) is 0 Å². The molecule has 2 aromatic rings. The number of phenolic OH excluding ortho intramolecular Hbond substituents is 1. The number of primary amides is 1. The Hall–Kier alpha value is -3.75. The maximum absolute atomic E-state index is 14.8. The number of nitrogens with one attached hydrogen (secondary N) is 3. The van der Waals surface area contributed by atoms with Gasteiger partial charge in [-0.1, -0.05) is 31.2 Å². The highest BCUT2D eigenvalue weighted by atomic mass is 32.2. The van der Waals surface area contributed by atoms with Gasteiger partial charge >= 0.3 is 0 Å². The summed E-state index contributed by atoms with van der Waals surface area (Å²) in [6.07, 6.45) is -6.33. The summed E-state index contributed by atoms with van der Waals surface area (Å²) in [4.78, 5) is 69.8. The molecule has 60 heavy (non-hydrogen) atoms. The molecule has 2 aliphatic heterocycles. The normalized spacial score (nSPS) is 27.9. The molecule has 4 amide bonds. The third-order valence-electron chi connectivity index (χ3n) is 11.7. The molecule has 1 aliphatic carbocycles. The molecule has 0 aromatic heterocycles. The van der Waals surface area contributed by atoms with Crippen molar-refractivity contribution in [1.82, 2.24) is 16.0 Å². The van der Waals surface area contributed by atoms with E-state index >= 15 is 0 Å². The predicted molar refractivity (Wildman–Crippen MR) is 227 cm³/mol. The zero-order chi connectivity index (χ0) is 44.1. The van der Waals surface area contributed by atoms with Gasteiger partial charge in [0.1, 0.15) is 36.1 Å². The van der Waals surface area contributed by atoms with Gasteiger partial charge in [0.15, 0.2) is 12.1 Å². The number of hydrogen-bond acceptors (Lipinski definition) is 14. The van der Waals surface area contributed by atoms with Crippen molar-refractivity contribution < 1.29 is 53.9 Å². The second-order valence-electron chi connectivity index (χ2n) is 16.6. The molecule has 2 saturated heterocycles. The third kappa shape index (κ3) is 11.0. The van der Waals surface area contributed by atoms with Crippen molar-refractivity contribution in [1.29, 1.82) is 0 Å². The SMILES string of the molecule is CC[C@H]1O[C@@H](OC[C@H](NC(=O)[C@@H]2NC(=O)C3(CC(=O)[C@H](NC(=O)[C@@H](N)Cc4c(C)cc(O)cc4C)CSCCSC2(C)C)Cc2ccccc2C3)C(N)=O)C(O)C(O)[C@@H]1O. The van der Waals surface area contributed by atoms with Crippen LogP contribution < -0.4 is 27.4 Å². The van der Waals surface area contributed by atoms with Crippen LogP contribution in [0.1, 0.15) is 61.4 Å². The van der Waals surface area contributed by atoms with E-state index in [1.54, 1.807) is 32.9 Å². The molecule has 2 aromatic carbocycles. The highest BCUT2D eigenvalue weighted by Gasteiger charge is 2.50. The maximum atomic E-state index is 14.8. The number of thioether (sulfide) groups is 2. The van der Waals surface area contributed by atoms with Crippen LogP contribution in [-0.4, -0.2) is 133 Å². The van der Waals surface area contributed by atoms with Gasteiger partial charge in [-0.2, -0.15) is 23.5 Å². The largest absolute Gasteiger partial charge is 0.508 e. The average molecular weight is 874 g/mol. The first-order valence-electron chi connectivity index (χ1n) is 20.1. The number of rotatable bonds is 11. The number of ketones is 1. The van der Waals surface area contributed by atoms with Crippen LogP contribution in [0.25, 0.3) is 0 Å². The topological polar surface area (TPSA) is 273 Å². The quantitative estimate of drug-likeness (QED) is 0.145. The number of fused-ring (bicyclic) bond motifs is 1. The van der Waals surface area contributed by atoms with Gasteiger partial charge in [-0.15, -0.1) is 0 Å². The molecule has 2 fully saturated rings. The van der Waals surface area contributed by atoms with Crippen molar-refractivity contribution >= 4 is 52.9 Å². The summed E-state index contributed by atoms with van der Waals surface area (Å²) in [5.41, 5.74) is 14.9. The number of carbonyl (C=O) groups excluding carboxylic acids is 5. The van der Waals surface area contributed by atoms with Crippen molar-refractivity contribution in [3.05, 3.63) is 64.2 Å². The number of Topliss-reactive ketones (excluding diaryl/α,β-unsaturated/α-hetero) is 1. The Kier molecular flexibility index (Phi) is 15.7. The Morgan fingerprint density at radius 1 is 1.00 bits per heavy atom. The molecule has 5 rings (SSSR count). The van der Waals surface area contributed by atoms with Crippen LogP contribution >= 0.6 is 23.5 Å². The number of amides is 4. The van der Waals surface area contributed by atoms with E-state index in [1.165, 1.54) is 23.5 Å². The molecule has 3 aliphatic rings. The molecule has 18 heteroatoms. The van der Waals surface area contributed by atoms with Crippen molar-refractivity contribution in [2.75, 3.05) is 23.9 Å². The van der Waals surface area contributed by atoms with Crippen LogP contribution in [0, 0.1) is 19.3 Å². The molecule has 330 valence electrons. The standard InChI is InChI=1S/C42H59N5O11S2/c1-6-31-32(50)33(51)34(52)39(58-31)57-19-28(36(44)53)45-38(55)35-41(4,5)60-12-11-59-20-29(46-37(54)27(43)15-26-21(2)13-25(48)14-22(26)3)30(49)18-42(40(56)47-35)16-23-9-7-8-10-24(23)17-42/h7-10,13-14,27-29,31-35,39,48,50-52H,6,11-12,15-20,43H2,1-5H3,(H2,44,53)(H,45,55)(H,46,54)(H,47,56)/t27-,28-,29+,31+,32+,33?,34?,35-,39+/m0/s1. The lowest BCUT2D eigenvalue weighted by atomic mass is 9.77. The highest BCUT2D eigenvalue weighted by molar-refractivity contribution is 8.03. The van der Waals surface area contributed by atoms with E-state index in [1.807, 2.05) is 38.1 Å². The van der Waals surface area contributed by atoms with Crippen LogP contribution in [0.3, 0.4) is 0 Å². The first kappa shape index (κ1) is 47.3. The second-order valence-corrected chi connectivity index (χ2v) is 19.5. The fourth-order valence-electron chi connectivity index (χ4n) is 8.14. The lowest BCUT2D eigenvalue weighted by Crippen LogP contribution is -2.63. The van der Waals surface area contributed by atoms with Crippen LogP contribution in [0.5, 0.6) is 5.75 Å². The molecule has 16 nitrogen and oxygen atoms in total. The Morgan fingerprint density at radius 3 is 2.23 bits per heavy atom. The molecule has 2 unspecified atom stereocenters. The third-order valence-corrected chi connectivity index (χ3v) is 14.4. The lowest BCUT2D eigenvalue weighted by Gasteiger charge is -2.40. The van der Waals surface area contributed by atoms with Gasteiger partial charge in [0.2, 0.25) is 23.6 Å². The molecule has 0 saturated carbocycles. The van der Waals surface area contributed by atoms with Crippen molar-refractivity contribution in [3.8, 4) is 5.75 Å². The second kappa shape index (κ2) is 20.0. The minimum absolute atomic E-state index is 0.112. The number of nitrogens with two attached hydrogens (primary N) is 2. The van der Waals surface area contributed by atoms with Gasteiger partial charge in [-0.05, 0) is 93.3 Å². The van der Waals surface area contributed by atoms with E-state index < -0.39 is 95.3 Å². The first-order chi connectivity index (χ1) is 28.3. The van der Waals surface area contributed by atoms with E-state index in [9.17, 15) is 44.4 Å². The summed E-state index contributed by atoms with van der Waals surface area (Å²) in [6, 6.07) is 6.00. The maximum Gasteiger partial charge on any atom is 0.244 e. The van der Waals surface area contributed by atoms with Crippen molar-refractivity contribution in [2.45, 2.75) is 126 Å². The number of aryl methyl sites for hydroxylation is 2. The molecule has 1 spiro atoms. The van der Waals surface area contributed by atoms with Crippen LogP contribution in [-0.2, 0) is 52.7 Å². The van der Waals surface area contributed by atoms with E-state index in [4.69, 9.17) is 20.9 Å². The molecular weight excluding hydrogens is 815 g/mol. The monoisotopic (exact) mass is 873 g/mol. The van der Waals surface area contributed by atoms with E-state index in [-0.39, 0.29) is 49.4 Å². The van der Waals surface area contributed by atoms with Gasteiger partial charge < -0.3 is 57.3 Å². The molecule has 9 atom stereocenters. The number of aromatic hydroxyl groups is 1. The summed E-state index contributed by atoms with van der Waals surface area (Å²) in [6.45, 7) is 8.37. The zero-order valence-electron chi connectivity index (χ0n) is 34.6. The van der Waals surface area contributed by atoms with E-state index in [0.717, 1.165) is 27.8 Å². The number of benzene rings is 2. The van der Waals surface area contributed by atoms with Crippen LogP contribution in [0.4, 0.5) is 0 Å². The predicted octanol–water partition coefficient (Wildman–Crippen LogP) is 0.0557. The molecule has 11 N–H and O–H groups in total. The Morgan fingerprint density at radius 2 is 1.63 bits per heavy atom. The van der Waals surface area contributed by atoms with Gasteiger partial charge in [0.05, 0.1) is 30.2 Å². The summed E-state index contributed by atoms with van der Waals surface area (Å²) in [5.74, 6) is -1.85. The molecular formula is C42H59N5O11S2. The number of carbonyl (C=O) groups is 5. The molecule has 2 heterocycles. The smallest absolute Gasteiger partial charge is 0.244 e. The first-order valence-corrected chi connectivity index (χ1v) is 22.3. The van der Waals surface area contributed by atoms with Crippen molar-refractivity contribution in [3.63, 3.8) is 0 Å². The summed E-state index contributed by atoms with van der Waals surface area (Å²) < 4.78 is 10.3. The van der Waals surface area contributed by atoms with E-state index in [0.29, 0.717) is 11.5 Å². The Balaban J connectivity index is 1.37. The number of hydrogen-bond donors (Lipinski definition) is 9. The average Bonchev–Trinajstić information content (AvgIpc) is 3.57. The van der Waals surface area contributed by atoms with Gasteiger partial charge in [0.25, 0.3) is 0 Å². The Labute approximate surface area is 358 Å². The fraction of sp³-hybridized carbons (Fsp3) is 0.595. The summed E-state index contributed by atoms with van der Waals surface area (Å²) >= 11 is 2.84. The van der Waals surface area contributed by atoms with E-state index in [2.05, 4.69) is 16.0 Å². The van der Waals surface area contributed by atoms with Gasteiger partial charge in [-0.3, -0.25) is 24.0 Å². The number of ether oxygens (including phenoxy) is 2. The summed E-state index contributed by atoms with van der Waals surface area (Å²) in [7, 11) is 0. The summed E-state index contributed by atoms with van der Waals surface area (Å²) in [5, 5.41) is 49.5. The van der Waals surface area contributed by atoms with Crippen molar-refractivity contribution in [2.24, 2.45) is 16.9 Å². The number of aliphatic hydroxyl groups is 3. The Bertz CT molecular complexity index is 1870. The highest BCUT2D eigenvalue weighted by Crippen LogP contribution is 2.42. The zero-order valence-corrected chi connectivity index (χ0v) is 36.3. The fourth-order valence-corrected chi connectivity index (χ4v) is 10.5. The minimum Gasteiger partial charge on any atom is -0.508 e. The lowest BCUT2D eigenvalue weighted by molar-refractivity contribution is -0.297. The molecule has 0 radical (unpaired) electrons. The van der Waals surface area contributed by atoms with Crippen LogP contribution in [0.2, 0.25) is 0 Å². The van der Waals surface area contributed by atoms with Crippen LogP contribution in [0.15, 0.2) is 36.4 Å². The molecule has 0 bridgehead atoms. The minimum atomic E-state index is -1.66.